The molecule has 0 unspecified atom stereocenters. The Bertz CT molecular complexity index is 775. The number of benzene rings is 2. The number of rotatable bonds is 5. The second-order valence-corrected chi connectivity index (χ2v) is 6.83. The van der Waals surface area contributed by atoms with E-state index >= 15 is 0 Å². The predicted molar refractivity (Wildman–Crippen MR) is 107 cm³/mol. The minimum Gasteiger partial charge on any atom is -0.493 e. The van der Waals surface area contributed by atoms with Crippen LogP contribution in [0.3, 0.4) is 0 Å². The molecule has 2 aromatic carbocycles. The van der Waals surface area contributed by atoms with Gasteiger partial charge in [-0.05, 0) is 29.8 Å². The Morgan fingerprint density at radius 2 is 1.67 bits per heavy atom. The van der Waals surface area contributed by atoms with E-state index in [1.54, 1.807) is 32.4 Å². The summed E-state index contributed by atoms with van der Waals surface area (Å²) in [7, 11) is 3.16. The summed E-state index contributed by atoms with van der Waals surface area (Å²) in [5, 5.41) is 3.67. The van der Waals surface area contributed by atoms with Crippen LogP contribution in [0.4, 0.5) is 10.5 Å². The van der Waals surface area contributed by atoms with Gasteiger partial charge in [-0.25, -0.2) is 4.79 Å². The molecule has 3 rings (SSSR count). The van der Waals surface area contributed by atoms with E-state index in [9.17, 15) is 4.79 Å². The number of urea groups is 1. The van der Waals surface area contributed by atoms with Gasteiger partial charge in [0.1, 0.15) is 0 Å². The van der Waals surface area contributed by atoms with E-state index in [1.165, 1.54) is 5.56 Å². The first kappa shape index (κ1) is 19.3. The van der Waals surface area contributed by atoms with Crippen LogP contribution in [0.25, 0.3) is 0 Å². The van der Waals surface area contributed by atoms with Gasteiger partial charge in [-0.1, -0.05) is 23.7 Å². The van der Waals surface area contributed by atoms with Gasteiger partial charge < -0.3 is 19.7 Å². The molecule has 0 atom stereocenters. The highest BCUT2D eigenvalue weighted by Gasteiger charge is 2.21. The normalized spacial score (nSPS) is 14.7. The van der Waals surface area contributed by atoms with Crippen molar-refractivity contribution in [1.82, 2.24) is 9.80 Å². The quantitative estimate of drug-likeness (QED) is 0.847. The molecule has 6 nitrogen and oxygen atoms in total. The highest BCUT2D eigenvalue weighted by Crippen LogP contribution is 2.29. The Morgan fingerprint density at radius 1 is 1.00 bits per heavy atom. The Hall–Kier alpha value is -2.44. The molecule has 0 spiro atoms. The predicted octanol–water partition coefficient (Wildman–Crippen LogP) is 3.71. The number of carbonyl (C=O) groups is 1. The second-order valence-electron chi connectivity index (χ2n) is 6.39. The SMILES string of the molecule is COc1ccc(NC(=O)N2CCN(Cc3ccc(Cl)cc3)CC2)cc1OC. The highest BCUT2D eigenvalue weighted by molar-refractivity contribution is 6.30. The lowest BCUT2D eigenvalue weighted by Crippen LogP contribution is -2.49. The molecular weight excluding hydrogens is 366 g/mol. The molecule has 27 heavy (non-hydrogen) atoms. The third-order valence-electron chi connectivity index (χ3n) is 4.61. The van der Waals surface area contributed by atoms with Crippen molar-refractivity contribution in [2.75, 3.05) is 45.7 Å². The van der Waals surface area contributed by atoms with Crippen LogP contribution in [0.2, 0.25) is 5.02 Å². The number of ether oxygens (including phenoxy) is 2. The zero-order chi connectivity index (χ0) is 19.2. The molecule has 2 amide bonds. The van der Waals surface area contributed by atoms with Gasteiger partial charge in [-0.15, -0.1) is 0 Å². The van der Waals surface area contributed by atoms with Crippen LogP contribution in [0.5, 0.6) is 11.5 Å². The molecule has 1 fully saturated rings. The molecule has 7 heteroatoms. The van der Waals surface area contributed by atoms with Crippen molar-refractivity contribution in [3.63, 3.8) is 0 Å². The van der Waals surface area contributed by atoms with E-state index in [-0.39, 0.29) is 6.03 Å². The summed E-state index contributed by atoms with van der Waals surface area (Å²) < 4.78 is 10.5. The van der Waals surface area contributed by atoms with Gasteiger partial charge in [-0.3, -0.25) is 4.90 Å². The molecular formula is C20H24ClN3O3. The van der Waals surface area contributed by atoms with Crippen LogP contribution >= 0.6 is 11.6 Å². The number of nitrogens with zero attached hydrogens (tertiary/aromatic N) is 2. The Balaban J connectivity index is 1.51. The maximum absolute atomic E-state index is 12.5. The standard InChI is InChI=1S/C20H24ClN3O3/c1-26-18-8-7-17(13-19(18)27-2)22-20(25)24-11-9-23(10-12-24)14-15-3-5-16(21)6-4-15/h3-8,13H,9-12,14H2,1-2H3,(H,22,25). The lowest BCUT2D eigenvalue weighted by atomic mass is 10.2. The van der Waals surface area contributed by atoms with Crippen molar-refractivity contribution < 1.29 is 14.3 Å². The lowest BCUT2D eigenvalue weighted by Gasteiger charge is -2.34. The first-order chi connectivity index (χ1) is 13.1. The van der Waals surface area contributed by atoms with Crippen molar-refractivity contribution in [2.24, 2.45) is 0 Å². The van der Waals surface area contributed by atoms with Crippen LogP contribution in [0.1, 0.15) is 5.56 Å². The zero-order valence-corrected chi connectivity index (χ0v) is 16.3. The molecule has 0 aliphatic carbocycles. The van der Waals surface area contributed by atoms with Crippen LogP contribution in [0, 0.1) is 0 Å². The van der Waals surface area contributed by atoms with Gasteiger partial charge in [-0.2, -0.15) is 0 Å². The Morgan fingerprint density at radius 3 is 2.30 bits per heavy atom. The molecule has 0 saturated carbocycles. The van der Waals surface area contributed by atoms with Crippen molar-refractivity contribution >= 4 is 23.3 Å². The summed E-state index contributed by atoms with van der Waals surface area (Å²) in [5.41, 5.74) is 1.91. The van der Waals surface area contributed by atoms with E-state index in [4.69, 9.17) is 21.1 Å². The summed E-state index contributed by atoms with van der Waals surface area (Å²) in [6.45, 7) is 3.91. The van der Waals surface area contributed by atoms with Gasteiger partial charge in [0.25, 0.3) is 0 Å². The molecule has 0 bridgehead atoms. The Kier molecular flexibility index (Phi) is 6.42. The summed E-state index contributed by atoms with van der Waals surface area (Å²) in [6.07, 6.45) is 0. The number of anilines is 1. The third kappa shape index (κ3) is 5.05. The van der Waals surface area contributed by atoms with E-state index in [0.717, 1.165) is 24.7 Å². The summed E-state index contributed by atoms with van der Waals surface area (Å²) >= 11 is 5.93. The number of methoxy groups -OCH3 is 2. The molecule has 2 aromatic rings. The van der Waals surface area contributed by atoms with Gasteiger partial charge in [0, 0.05) is 49.5 Å². The van der Waals surface area contributed by atoms with E-state index in [2.05, 4.69) is 10.2 Å². The number of amides is 2. The molecule has 1 heterocycles. The van der Waals surface area contributed by atoms with E-state index in [0.29, 0.717) is 30.3 Å². The average Bonchev–Trinajstić information content (AvgIpc) is 2.70. The topological polar surface area (TPSA) is 54.0 Å². The molecule has 1 aliphatic rings. The average molecular weight is 390 g/mol. The van der Waals surface area contributed by atoms with Crippen LogP contribution in [-0.4, -0.2) is 56.2 Å². The molecule has 0 radical (unpaired) electrons. The molecule has 1 aliphatic heterocycles. The summed E-state index contributed by atoms with van der Waals surface area (Å²) in [4.78, 5) is 16.7. The van der Waals surface area contributed by atoms with Gasteiger partial charge in [0.2, 0.25) is 0 Å². The maximum Gasteiger partial charge on any atom is 0.321 e. The van der Waals surface area contributed by atoms with E-state index in [1.807, 2.05) is 29.2 Å². The molecule has 1 N–H and O–H groups in total. The van der Waals surface area contributed by atoms with Crippen molar-refractivity contribution in [1.29, 1.82) is 0 Å². The first-order valence-corrected chi connectivity index (χ1v) is 9.21. The van der Waals surface area contributed by atoms with Gasteiger partial charge in [0.15, 0.2) is 11.5 Å². The van der Waals surface area contributed by atoms with Crippen LogP contribution < -0.4 is 14.8 Å². The zero-order valence-electron chi connectivity index (χ0n) is 15.6. The smallest absolute Gasteiger partial charge is 0.321 e. The second kappa shape index (κ2) is 8.97. The number of hydrogen-bond donors (Lipinski definition) is 1. The molecule has 144 valence electrons. The van der Waals surface area contributed by atoms with Crippen molar-refractivity contribution in [3.05, 3.63) is 53.1 Å². The number of carbonyl (C=O) groups excluding carboxylic acids is 1. The van der Waals surface area contributed by atoms with E-state index < -0.39 is 0 Å². The first-order valence-electron chi connectivity index (χ1n) is 8.84. The fourth-order valence-electron chi connectivity index (χ4n) is 3.07. The highest BCUT2D eigenvalue weighted by atomic mass is 35.5. The minimum absolute atomic E-state index is 0.103. The van der Waals surface area contributed by atoms with Crippen LogP contribution in [0.15, 0.2) is 42.5 Å². The number of piperazine rings is 1. The van der Waals surface area contributed by atoms with Crippen molar-refractivity contribution in [3.8, 4) is 11.5 Å². The largest absolute Gasteiger partial charge is 0.493 e. The fourth-order valence-corrected chi connectivity index (χ4v) is 3.20. The van der Waals surface area contributed by atoms with Gasteiger partial charge in [0.05, 0.1) is 14.2 Å². The maximum atomic E-state index is 12.5. The fraction of sp³-hybridized carbons (Fsp3) is 0.350. The number of hydrogen-bond acceptors (Lipinski definition) is 4. The van der Waals surface area contributed by atoms with Gasteiger partial charge >= 0.3 is 6.03 Å². The molecule has 1 saturated heterocycles. The minimum atomic E-state index is -0.103. The van der Waals surface area contributed by atoms with Crippen LogP contribution in [-0.2, 0) is 6.54 Å². The summed E-state index contributed by atoms with van der Waals surface area (Å²) in [5.74, 6) is 1.22. The monoisotopic (exact) mass is 389 g/mol. The Labute approximate surface area is 164 Å². The third-order valence-corrected chi connectivity index (χ3v) is 4.87. The lowest BCUT2D eigenvalue weighted by molar-refractivity contribution is 0.143. The summed E-state index contributed by atoms with van der Waals surface area (Å²) in [6, 6.07) is 13.1. The number of halogens is 1. The number of nitrogens with one attached hydrogen (secondary N) is 1. The van der Waals surface area contributed by atoms with Crippen molar-refractivity contribution in [2.45, 2.75) is 6.54 Å². The molecule has 0 aromatic heterocycles.